The first-order chi connectivity index (χ1) is 9.73. The Morgan fingerprint density at radius 1 is 1.43 bits per heavy atom. The predicted octanol–water partition coefficient (Wildman–Crippen LogP) is 2.22. The highest BCUT2D eigenvalue weighted by Gasteiger charge is 2.21. The standard InChI is InChI=1S/C11H8ClFN4O3S/c1-15-10(18)9(14-16(2)11(15)21)5-3-8(17(19)20)6(12)4-7(5)13/h3-4H,1-2H3. The largest absolute Gasteiger partial charge is 0.288 e. The minimum Gasteiger partial charge on any atom is -0.285 e. The molecule has 110 valence electrons. The van der Waals surface area contributed by atoms with Crippen molar-refractivity contribution in [2.45, 2.75) is 0 Å². The number of nitro groups is 1. The lowest BCUT2D eigenvalue weighted by atomic mass is 10.1. The zero-order valence-electron chi connectivity index (χ0n) is 10.8. The predicted molar refractivity (Wildman–Crippen MR) is 76.3 cm³/mol. The summed E-state index contributed by atoms with van der Waals surface area (Å²) >= 11 is 10.6. The van der Waals surface area contributed by atoms with Crippen molar-refractivity contribution in [3.05, 3.63) is 48.2 Å². The molecule has 0 aliphatic carbocycles. The fourth-order valence-corrected chi connectivity index (χ4v) is 2.07. The SMILES string of the molecule is Cn1nc(-c2cc([N+](=O)[O-])c(Cl)cc2F)c(=O)n(C)c1=S. The lowest BCUT2D eigenvalue weighted by molar-refractivity contribution is -0.384. The van der Waals surface area contributed by atoms with Crippen LogP contribution in [-0.2, 0) is 14.1 Å². The molecule has 0 atom stereocenters. The van der Waals surface area contributed by atoms with Gasteiger partial charge in [-0.1, -0.05) is 11.6 Å². The van der Waals surface area contributed by atoms with E-state index in [4.69, 9.17) is 23.8 Å². The molecule has 1 heterocycles. The van der Waals surface area contributed by atoms with E-state index in [9.17, 15) is 19.3 Å². The van der Waals surface area contributed by atoms with Crippen molar-refractivity contribution in [2.24, 2.45) is 14.1 Å². The van der Waals surface area contributed by atoms with Crippen molar-refractivity contribution >= 4 is 29.5 Å². The summed E-state index contributed by atoms with van der Waals surface area (Å²) in [6.07, 6.45) is 0. The van der Waals surface area contributed by atoms with Gasteiger partial charge in [-0.2, -0.15) is 5.10 Å². The third-order valence-corrected chi connectivity index (χ3v) is 3.65. The molecule has 7 nitrogen and oxygen atoms in total. The molecular weight excluding hydrogens is 323 g/mol. The van der Waals surface area contributed by atoms with Gasteiger partial charge in [0.25, 0.3) is 11.2 Å². The molecule has 0 fully saturated rings. The van der Waals surface area contributed by atoms with Crippen molar-refractivity contribution in [1.82, 2.24) is 14.3 Å². The molecular formula is C11H8ClFN4O3S. The van der Waals surface area contributed by atoms with Gasteiger partial charge < -0.3 is 0 Å². The fourth-order valence-electron chi connectivity index (χ4n) is 1.73. The highest BCUT2D eigenvalue weighted by atomic mass is 35.5. The zero-order chi connectivity index (χ0) is 15.9. The van der Waals surface area contributed by atoms with Crippen LogP contribution in [0.25, 0.3) is 11.3 Å². The highest BCUT2D eigenvalue weighted by Crippen LogP contribution is 2.31. The monoisotopic (exact) mass is 330 g/mol. The fraction of sp³-hybridized carbons (Fsp3) is 0.182. The summed E-state index contributed by atoms with van der Waals surface area (Å²) < 4.78 is 16.4. The van der Waals surface area contributed by atoms with Crippen LogP contribution < -0.4 is 5.56 Å². The van der Waals surface area contributed by atoms with Crippen molar-refractivity contribution in [3.63, 3.8) is 0 Å². The summed E-state index contributed by atoms with van der Waals surface area (Å²) in [5.74, 6) is -0.882. The number of rotatable bonds is 2. The Labute approximate surface area is 127 Å². The first kappa shape index (κ1) is 15.3. The maximum atomic E-state index is 14.0. The van der Waals surface area contributed by atoms with Crippen LogP contribution >= 0.6 is 23.8 Å². The van der Waals surface area contributed by atoms with E-state index in [1.54, 1.807) is 0 Å². The Morgan fingerprint density at radius 3 is 2.62 bits per heavy atom. The van der Waals surface area contributed by atoms with Gasteiger partial charge in [-0.3, -0.25) is 19.5 Å². The number of halogens is 2. The third-order valence-electron chi connectivity index (χ3n) is 2.81. The topological polar surface area (TPSA) is 83.0 Å². The van der Waals surface area contributed by atoms with Crippen LogP contribution in [0, 0.1) is 20.7 Å². The number of nitrogens with zero attached hydrogens (tertiary/aromatic N) is 4. The van der Waals surface area contributed by atoms with Gasteiger partial charge >= 0.3 is 0 Å². The molecule has 0 radical (unpaired) electrons. The van der Waals surface area contributed by atoms with Crippen LogP contribution in [0.2, 0.25) is 5.02 Å². The van der Waals surface area contributed by atoms with Gasteiger partial charge in [-0.25, -0.2) is 9.07 Å². The molecule has 2 aromatic rings. The molecule has 10 heteroatoms. The van der Waals surface area contributed by atoms with E-state index in [-0.39, 0.29) is 21.1 Å². The Morgan fingerprint density at radius 2 is 2.05 bits per heavy atom. The van der Waals surface area contributed by atoms with Gasteiger partial charge in [0, 0.05) is 26.2 Å². The highest BCUT2D eigenvalue weighted by molar-refractivity contribution is 7.71. The molecule has 0 amide bonds. The molecule has 0 bridgehead atoms. The number of hydrogen-bond donors (Lipinski definition) is 0. The maximum Gasteiger partial charge on any atom is 0.288 e. The van der Waals surface area contributed by atoms with E-state index in [1.807, 2.05) is 0 Å². The molecule has 0 aliphatic heterocycles. The Hall–Kier alpha value is -2.13. The number of aryl methyl sites for hydroxylation is 1. The molecule has 0 unspecified atom stereocenters. The summed E-state index contributed by atoms with van der Waals surface area (Å²) in [6, 6.07) is 1.65. The van der Waals surface area contributed by atoms with Crippen LogP contribution in [0.15, 0.2) is 16.9 Å². The van der Waals surface area contributed by atoms with E-state index in [0.29, 0.717) is 0 Å². The summed E-state index contributed by atoms with van der Waals surface area (Å²) in [5, 5.41) is 14.4. The van der Waals surface area contributed by atoms with Crippen molar-refractivity contribution < 1.29 is 9.31 Å². The Kier molecular flexibility index (Phi) is 3.88. The first-order valence-electron chi connectivity index (χ1n) is 5.52. The second-order valence-electron chi connectivity index (χ2n) is 4.16. The van der Waals surface area contributed by atoms with Crippen molar-refractivity contribution in [1.29, 1.82) is 0 Å². The van der Waals surface area contributed by atoms with Crippen LogP contribution in [0.5, 0.6) is 0 Å². The Bertz CT molecular complexity index is 877. The molecule has 0 saturated heterocycles. The number of nitro benzene ring substituents is 1. The van der Waals surface area contributed by atoms with Crippen LogP contribution in [0.1, 0.15) is 0 Å². The van der Waals surface area contributed by atoms with E-state index in [2.05, 4.69) is 5.10 Å². The third kappa shape index (κ3) is 2.57. The van der Waals surface area contributed by atoms with E-state index in [1.165, 1.54) is 18.8 Å². The van der Waals surface area contributed by atoms with Crippen molar-refractivity contribution in [2.75, 3.05) is 0 Å². The molecule has 1 aromatic heterocycles. The van der Waals surface area contributed by atoms with E-state index >= 15 is 0 Å². The molecule has 0 N–H and O–H groups in total. The smallest absolute Gasteiger partial charge is 0.285 e. The van der Waals surface area contributed by atoms with Gasteiger partial charge in [-0.05, 0) is 12.2 Å². The Balaban J connectivity index is 2.86. The number of hydrogen-bond acceptors (Lipinski definition) is 5. The summed E-state index contributed by atoms with van der Waals surface area (Å²) in [7, 11) is 2.88. The van der Waals surface area contributed by atoms with E-state index < -0.39 is 22.0 Å². The van der Waals surface area contributed by atoms with Gasteiger partial charge in [0.1, 0.15) is 10.8 Å². The second-order valence-corrected chi connectivity index (χ2v) is 4.93. The minimum absolute atomic E-state index is 0.132. The molecule has 2 rings (SSSR count). The summed E-state index contributed by atoms with van der Waals surface area (Å²) in [4.78, 5) is 22.2. The van der Waals surface area contributed by atoms with E-state index in [0.717, 1.165) is 16.7 Å². The number of benzene rings is 1. The van der Waals surface area contributed by atoms with Gasteiger partial charge in [-0.15, -0.1) is 0 Å². The molecule has 0 aliphatic rings. The average Bonchev–Trinajstić information content (AvgIpc) is 2.41. The van der Waals surface area contributed by atoms with Gasteiger partial charge in [0.05, 0.1) is 10.5 Å². The lowest BCUT2D eigenvalue weighted by Gasteiger charge is -2.08. The summed E-state index contributed by atoms with van der Waals surface area (Å²) in [6.45, 7) is 0. The molecule has 0 saturated carbocycles. The van der Waals surface area contributed by atoms with Gasteiger partial charge in [0.2, 0.25) is 0 Å². The first-order valence-corrected chi connectivity index (χ1v) is 6.30. The van der Waals surface area contributed by atoms with Crippen molar-refractivity contribution in [3.8, 4) is 11.3 Å². The number of aromatic nitrogens is 3. The second kappa shape index (κ2) is 5.34. The summed E-state index contributed by atoms with van der Waals surface area (Å²) in [5.41, 5.74) is -1.76. The molecule has 1 aromatic carbocycles. The quantitative estimate of drug-likeness (QED) is 0.479. The normalized spacial score (nSPS) is 10.7. The zero-order valence-corrected chi connectivity index (χ0v) is 12.4. The average molecular weight is 331 g/mol. The maximum absolute atomic E-state index is 14.0. The van der Waals surface area contributed by atoms with Crippen LogP contribution in [-0.4, -0.2) is 19.3 Å². The van der Waals surface area contributed by atoms with Crippen LogP contribution in [0.4, 0.5) is 10.1 Å². The van der Waals surface area contributed by atoms with Gasteiger partial charge in [0.15, 0.2) is 10.5 Å². The van der Waals surface area contributed by atoms with Crippen LogP contribution in [0.3, 0.4) is 0 Å². The lowest BCUT2D eigenvalue weighted by Crippen LogP contribution is -2.26. The molecule has 21 heavy (non-hydrogen) atoms. The minimum atomic E-state index is -0.882. The molecule has 0 spiro atoms.